The predicted molar refractivity (Wildman–Crippen MR) is 79.9 cm³/mol. The summed E-state index contributed by atoms with van der Waals surface area (Å²) in [7, 11) is 0. The zero-order chi connectivity index (χ0) is 14.4. The Morgan fingerprint density at radius 1 is 1.37 bits per heavy atom. The lowest BCUT2D eigenvalue weighted by atomic mass is 9.95. The minimum atomic E-state index is -0.421. The van der Waals surface area contributed by atoms with Crippen molar-refractivity contribution >= 4 is 23.1 Å². The van der Waals surface area contributed by atoms with Crippen molar-refractivity contribution in [2.75, 3.05) is 6.54 Å². The molecule has 19 heavy (non-hydrogen) atoms. The summed E-state index contributed by atoms with van der Waals surface area (Å²) in [6.07, 6.45) is 0.703. The minimum absolute atomic E-state index is 0.0890. The van der Waals surface area contributed by atoms with Crippen LogP contribution in [0, 0.1) is 11.8 Å². The Bertz CT molecular complexity index is 443. The van der Waals surface area contributed by atoms with E-state index >= 15 is 0 Å². The molecule has 5 heteroatoms. The maximum Gasteiger partial charge on any atom is 0.230 e. The number of nitrogens with two attached hydrogens (primary N) is 1. The maximum absolute atomic E-state index is 12.0. The zero-order valence-corrected chi connectivity index (χ0v) is 12.0. The summed E-state index contributed by atoms with van der Waals surface area (Å²) >= 11 is 4.92. The zero-order valence-electron chi connectivity index (χ0n) is 11.2. The summed E-state index contributed by atoms with van der Waals surface area (Å²) in [6, 6.07) is 6.91. The van der Waals surface area contributed by atoms with Crippen molar-refractivity contribution in [3.63, 3.8) is 0 Å². The molecule has 0 radical (unpaired) electrons. The van der Waals surface area contributed by atoms with E-state index in [1.807, 2.05) is 26.0 Å². The van der Waals surface area contributed by atoms with E-state index < -0.39 is 5.92 Å². The van der Waals surface area contributed by atoms with Gasteiger partial charge in [0.05, 0.1) is 10.9 Å². The molecule has 1 rings (SSSR count). The molecule has 1 aromatic carbocycles. The fourth-order valence-corrected chi connectivity index (χ4v) is 2.24. The van der Waals surface area contributed by atoms with E-state index in [1.54, 1.807) is 12.1 Å². The smallest absolute Gasteiger partial charge is 0.230 e. The van der Waals surface area contributed by atoms with Gasteiger partial charge in [0.25, 0.3) is 0 Å². The number of nitrogens with one attached hydrogen (secondary N) is 1. The van der Waals surface area contributed by atoms with Crippen molar-refractivity contribution in [1.82, 2.24) is 5.32 Å². The van der Waals surface area contributed by atoms with Gasteiger partial charge in [0, 0.05) is 6.54 Å². The molecule has 1 atom stereocenters. The fraction of sp³-hybridized carbons (Fsp3) is 0.429. The van der Waals surface area contributed by atoms with E-state index in [4.69, 9.17) is 23.1 Å². The third-order valence-corrected chi connectivity index (χ3v) is 3.16. The summed E-state index contributed by atoms with van der Waals surface area (Å²) in [4.78, 5) is 12.2. The van der Waals surface area contributed by atoms with Crippen LogP contribution in [0.1, 0.15) is 19.4 Å². The number of amides is 1. The number of aromatic hydroxyl groups is 1. The van der Waals surface area contributed by atoms with Gasteiger partial charge >= 0.3 is 0 Å². The number of phenols is 1. The van der Waals surface area contributed by atoms with Gasteiger partial charge in [0.1, 0.15) is 5.75 Å². The second-order valence-corrected chi connectivity index (χ2v) is 5.30. The van der Waals surface area contributed by atoms with Crippen molar-refractivity contribution in [1.29, 1.82) is 0 Å². The molecule has 1 aromatic rings. The van der Waals surface area contributed by atoms with Crippen LogP contribution in [-0.4, -0.2) is 22.5 Å². The molecule has 0 heterocycles. The minimum Gasteiger partial charge on any atom is -0.508 e. The van der Waals surface area contributed by atoms with Crippen LogP contribution in [0.3, 0.4) is 0 Å². The number of benzene rings is 1. The van der Waals surface area contributed by atoms with E-state index in [0.29, 0.717) is 13.0 Å². The lowest BCUT2D eigenvalue weighted by Gasteiger charge is -2.18. The van der Waals surface area contributed by atoms with E-state index in [2.05, 4.69) is 5.32 Å². The molecule has 0 aliphatic carbocycles. The van der Waals surface area contributed by atoms with E-state index in [1.165, 1.54) is 0 Å². The van der Waals surface area contributed by atoms with Crippen LogP contribution < -0.4 is 11.1 Å². The molecule has 0 aliphatic rings. The lowest BCUT2D eigenvalue weighted by molar-refractivity contribution is -0.123. The van der Waals surface area contributed by atoms with Crippen molar-refractivity contribution in [3.05, 3.63) is 29.8 Å². The Morgan fingerprint density at radius 3 is 2.42 bits per heavy atom. The number of hydrogen-bond donors (Lipinski definition) is 3. The third-order valence-electron chi connectivity index (χ3n) is 2.90. The standard InChI is InChI=1S/C14H20N2O2S/c1-9(2)12(13(15)19)14(18)16-8-7-10-3-5-11(17)6-4-10/h3-6,9,12,17H,7-8H2,1-2H3,(H2,15,19)(H,16,18). The summed E-state index contributed by atoms with van der Waals surface area (Å²) in [6.45, 7) is 4.36. The van der Waals surface area contributed by atoms with Crippen LogP contribution in [0.15, 0.2) is 24.3 Å². The van der Waals surface area contributed by atoms with Gasteiger partial charge in [-0.3, -0.25) is 4.79 Å². The Hall–Kier alpha value is -1.62. The highest BCUT2D eigenvalue weighted by atomic mass is 32.1. The first-order valence-electron chi connectivity index (χ1n) is 6.26. The molecule has 0 aliphatic heterocycles. The fourth-order valence-electron chi connectivity index (χ4n) is 1.86. The molecule has 104 valence electrons. The van der Waals surface area contributed by atoms with Gasteiger partial charge in [0.2, 0.25) is 5.91 Å². The second-order valence-electron chi connectivity index (χ2n) is 4.83. The van der Waals surface area contributed by atoms with Crippen LogP contribution >= 0.6 is 12.2 Å². The molecule has 0 saturated heterocycles. The Labute approximate surface area is 119 Å². The Balaban J connectivity index is 2.46. The van der Waals surface area contributed by atoms with Gasteiger partial charge in [0.15, 0.2) is 0 Å². The highest BCUT2D eigenvalue weighted by Crippen LogP contribution is 2.12. The molecule has 4 N–H and O–H groups in total. The summed E-state index contributed by atoms with van der Waals surface area (Å²) in [5.41, 5.74) is 6.63. The molecule has 0 saturated carbocycles. The number of carbonyl (C=O) groups is 1. The number of phenolic OH excluding ortho intramolecular Hbond substituents is 1. The average molecular weight is 280 g/mol. The summed E-state index contributed by atoms with van der Waals surface area (Å²) in [5, 5.41) is 12.0. The average Bonchev–Trinajstić information content (AvgIpc) is 2.30. The van der Waals surface area contributed by atoms with Crippen LogP contribution in [-0.2, 0) is 11.2 Å². The molecular formula is C14H20N2O2S. The van der Waals surface area contributed by atoms with E-state index in [-0.39, 0.29) is 22.6 Å². The largest absolute Gasteiger partial charge is 0.508 e. The SMILES string of the molecule is CC(C)C(C(=O)NCCc1ccc(O)cc1)C(N)=S. The molecule has 0 fully saturated rings. The molecule has 0 bridgehead atoms. The van der Waals surface area contributed by atoms with Crippen molar-refractivity contribution < 1.29 is 9.90 Å². The first kappa shape index (κ1) is 15.4. The second kappa shape index (κ2) is 7.09. The lowest BCUT2D eigenvalue weighted by Crippen LogP contribution is -2.41. The van der Waals surface area contributed by atoms with Crippen molar-refractivity contribution in [3.8, 4) is 5.75 Å². The number of thiocarbonyl (C=S) groups is 1. The quantitative estimate of drug-likeness (QED) is 0.692. The van der Waals surface area contributed by atoms with Gasteiger partial charge < -0.3 is 16.2 Å². The van der Waals surface area contributed by atoms with Crippen LogP contribution in [0.5, 0.6) is 5.75 Å². The van der Waals surface area contributed by atoms with E-state index in [9.17, 15) is 4.79 Å². The van der Waals surface area contributed by atoms with Gasteiger partial charge in [-0.1, -0.05) is 38.2 Å². The van der Waals surface area contributed by atoms with Crippen molar-refractivity contribution in [2.45, 2.75) is 20.3 Å². The molecule has 1 amide bonds. The number of hydrogen-bond acceptors (Lipinski definition) is 3. The molecule has 0 spiro atoms. The van der Waals surface area contributed by atoms with Crippen LogP contribution in [0.4, 0.5) is 0 Å². The van der Waals surface area contributed by atoms with Gasteiger partial charge in [-0.2, -0.15) is 0 Å². The monoisotopic (exact) mass is 280 g/mol. The Morgan fingerprint density at radius 2 is 1.95 bits per heavy atom. The number of carbonyl (C=O) groups excluding carboxylic acids is 1. The first-order valence-corrected chi connectivity index (χ1v) is 6.67. The summed E-state index contributed by atoms with van der Waals surface area (Å²) < 4.78 is 0. The predicted octanol–water partition coefficient (Wildman–Crippen LogP) is 1.61. The van der Waals surface area contributed by atoms with Crippen LogP contribution in [0.2, 0.25) is 0 Å². The first-order chi connectivity index (χ1) is 8.91. The van der Waals surface area contributed by atoms with Gasteiger partial charge in [-0.05, 0) is 30.0 Å². The topological polar surface area (TPSA) is 75.3 Å². The molecule has 1 unspecified atom stereocenters. The maximum atomic E-state index is 12.0. The van der Waals surface area contributed by atoms with E-state index in [0.717, 1.165) is 5.56 Å². The Kier molecular flexibility index (Phi) is 5.76. The normalized spacial score (nSPS) is 12.2. The van der Waals surface area contributed by atoms with Crippen molar-refractivity contribution in [2.24, 2.45) is 17.6 Å². The summed E-state index contributed by atoms with van der Waals surface area (Å²) in [5.74, 6) is -0.219. The molecular weight excluding hydrogens is 260 g/mol. The molecule has 4 nitrogen and oxygen atoms in total. The number of rotatable bonds is 6. The third kappa shape index (κ3) is 4.87. The molecule has 0 aromatic heterocycles. The van der Waals surface area contributed by atoms with Gasteiger partial charge in [-0.25, -0.2) is 0 Å². The van der Waals surface area contributed by atoms with Crippen LogP contribution in [0.25, 0.3) is 0 Å². The van der Waals surface area contributed by atoms with Gasteiger partial charge in [-0.15, -0.1) is 0 Å². The highest BCUT2D eigenvalue weighted by molar-refractivity contribution is 7.80. The highest BCUT2D eigenvalue weighted by Gasteiger charge is 2.24.